The van der Waals surface area contributed by atoms with Gasteiger partial charge in [0.15, 0.2) is 17.6 Å². The van der Waals surface area contributed by atoms with Crippen molar-refractivity contribution >= 4 is 17.5 Å². The van der Waals surface area contributed by atoms with Crippen molar-refractivity contribution in [3.05, 3.63) is 36.2 Å². The van der Waals surface area contributed by atoms with Crippen molar-refractivity contribution in [3.8, 4) is 11.5 Å². The van der Waals surface area contributed by atoms with Crippen molar-refractivity contribution in [1.29, 1.82) is 0 Å². The molecule has 0 bridgehead atoms. The highest BCUT2D eigenvalue weighted by Gasteiger charge is 2.20. The number of ether oxygens (including phenoxy) is 2. The third kappa shape index (κ3) is 4.91. The average molecular weight is 384 g/mol. The second kappa shape index (κ2) is 8.91. The minimum Gasteiger partial charge on any atom is -0.493 e. The van der Waals surface area contributed by atoms with Gasteiger partial charge in [0.1, 0.15) is 18.0 Å². The van der Waals surface area contributed by atoms with E-state index in [0.29, 0.717) is 17.3 Å². The Morgan fingerprint density at radius 1 is 1.21 bits per heavy atom. The number of aromatic nitrogens is 2. The summed E-state index contributed by atoms with van der Waals surface area (Å²) in [6.07, 6.45) is 3.08. The first-order valence-electron chi connectivity index (χ1n) is 9.65. The van der Waals surface area contributed by atoms with Gasteiger partial charge >= 0.3 is 0 Å². The van der Waals surface area contributed by atoms with Crippen LogP contribution in [0.2, 0.25) is 0 Å². The number of amides is 1. The molecule has 1 aromatic carbocycles. The van der Waals surface area contributed by atoms with Crippen molar-refractivity contribution in [2.75, 3.05) is 30.4 Å². The fraction of sp³-hybridized carbons (Fsp3) is 0.476. The number of hydrogen-bond acceptors (Lipinski definition) is 6. The molecule has 7 nitrogen and oxygen atoms in total. The summed E-state index contributed by atoms with van der Waals surface area (Å²) in [5.41, 5.74) is 1.06. The van der Waals surface area contributed by atoms with Crippen LogP contribution in [0.1, 0.15) is 32.3 Å². The highest BCUT2D eigenvalue weighted by Crippen LogP contribution is 2.29. The van der Waals surface area contributed by atoms with E-state index < -0.39 is 6.10 Å². The molecule has 2 aromatic rings. The zero-order valence-electron chi connectivity index (χ0n) is 16.9. The molecule has 0 aliphatic carbocycles. The summed E-state index contributed by atoms with van der Waals surface area (Å²) >= 11 is 0. The molecule has 1 amide bonds. The molecular formula is C21H28N4O3. The molecule has 0 saturated carbocycles. The predicted molar refractivity (Wildman–Crippen MR) is 109 cm³/mol. The summed E-state index contributed by atoms with van der Waals surface area (Å²) in [7, 11) is 1.58. The third-order valence-electron chi connectivity index (χ3n) is 5.00. The van der Waals surface area contributed by atoms with Crippen molar-refractivity contribution in [2.24, 2.45) is 5.92 Å². The molecular weight excluding hydrogens is 356 g/mol. The molecule has 3 rings (SSSR count). The van der Waals surface area contributed by atoms with Crippen LogP contribution in [0.4, 0.5) is 11.6 Å². The molecule has 1 aromatic heterocycles. The maximum Gasteiger partial charge on any atom is 0.266 e. The molecule has 1 fully saturated rings. The number of aryl methyl sites for hydroxylation is 1. The van der Waals surface area contributed by atoms with Crippen molar-refractivity contribution in [3.63, 3.8) is 0 Å². The van der Waals surface area contributed by atoms with Gasteiger partial charge in [0.25, 0.3) is 5.91 Å². The molecule has 28 heavy (non-hydrogen) atoms. The quantitative estimate of drug-likeness (QED) is 0.822. The van der Waals surface area contributed by atoms with Gasteiger partial charge in [-0.25, -0.2) is 9.97 Å². The van der Waals surface area contributed by atoms with Crippen LogP contribution in [-0.2, 0) is 4.79 Å². The minimum absolute atomic E-state index is 0.278. The number of carbonyl (C=O) groups excluding carboxylic acids is 1. The fourth-order valence-corrected chi connectivity index (χ4v) is 3.17. The maximum absolute atomic E-state index is 12.6. The summed E-state index contributed by atoms with van der Waals surface area (Å²) in [5, 5.41) is 2.82. The average Bonchev–Trinajstić information content (AvgIpc) is 2.70. The Morgan fingerprint density at radius 3 is 2.68 bits per heavy atom. The van der Waals surface area contributed by atoms with Gasteiger partial charge in [-0.2, -0.15) is 0 Å². The number of carbonyl (C=O) groups is 1. The van der Waals surface area contributed by atoms with Crippen LogP contribution < -0.4 is 19.7 Å². The number of methoxy groups -OCH3 is 1. The maximum atomic E-state index is 12.6. The smallest absolute Gasteiger partial charge is 0.266 e. The third-order valence-corrected chi connectivity index (χ3v) is 5.00. The molecule has 1 aliphatic rings. The summed E-state index contributed by atoms with van der Waals surface area (Å²) in [5.74, 6) is 2.91. The number of benzene rings is 1. The van der Waals surface area contributed by atoms with Crippen LogP contribution in [0.25, 0.3) is 0 Å². The van der Waals surface area contributed by atoms with E-state index in [1.807, 2.05) is 25.1 Å². The van der Waals surface area contributed by atoms with Crippen LogP contribution in [-0.4, -0.2) is 42.2 Å². The molecule has 1 aliphatic heterocycles. The van der Waals surface area contributed by atoms with Crippen molar-refractivity contribution < 1.29 is 14.3 Å². The number of rotatable bonds is 6. The minimum atomic E-state index is -0.703. The molecule has 7 heteroatoms. The van der Waals surface area contributed by atoms with Gasteiger partial charge in [-0.15, -0.1) is 0 Å². The molecule has 0 radical (unpaired) electrons. The largest absolute Gasteiger partial charge is 0.493 e. The lowest BCUT2D eigenvalue weighted by Crippen LogP contribution is -2.34. The van der Waals surface area contributed by atoms with E-state index in [1.54, 1.807) is 20.1 Å². The number of anilines is 2. The van der Waals surface area contributed by atoms with Gasteiger partial charge in [0.05, 0.1) is 7.11 Å². The second-order valence-electron chi connectivity index (χ2n) is 7.33. The molecule has 1 N–H and O–H groups in total. The van der Waals surface area contributed by atoms with Gasteiger partial charge in [0.2, 0.25) is 0 Å². The highest BCUT2D eigenvalue weighted by molar-refractivity contribution is 5.93. The first-order chi connectivity index (χ1) is 13.5. The van der Waals surface area contributed by atoms with Crippen LogP contribution in [0.5, 0.6) is 11.5 Å². The number of nitrogens with one attached hydrogen (secondary N) is 1. The zero-order chi connectivity index (χ0) is 20.1. The normalized spacial score (nSPS) is 15.8. The number of piperidine rings is 1. The lowest BCUT2D eigenvalue weighted by molar-refractivity contribution is -0.122. The van der Waals surface area contributed by atoms with E-state index in [9.17, 15) is 4.79 Å². The Bertz CT molecular complexity index is 819. The van der Waals surface area contributed by atoms with Gasteiger partial charge in [-0.3, -0.25) is 4.79 Å². The van der Waals surface area contributed by atoms with E-state index >= 15 is 0 Å². The predicted octanol–water partition coefficient (Wildman–Crippen LogP) is 3.44. The van der Waals surface area contributed by atoms with Gasteiger partial charge in [-0.1, -0.05) is 13.0 Å². The highest BCUT2D eigenvalue weighted by atomic mass is 16.5. The van der Waals surface area contributed by atoms with Crippen molar-refractivity contribution in [1.82, 2.24) is 9.97 Å². The standard InChI is InChI=1S/C21H28N4O3/c1-14-7-9-25(10-8-14)20-12-19(22-13-23-20)24-21(26)16(3)28-17-6-5-15(2)11-18(17)27-4/h5-6,11-14,16H,7-10H2,1-4H3,(H,22,23,24,26). The Hall–Kier alpha value is -2.83. The van der Waals surface area contributed by atoms with Gasteiger partial charge in [-0.05, 0) is 50.3 Å². The van der Waals surface area contributed by atoms with Crippen LogP contribution in [0, 0.1) is 12.8 Å². The second-order valence-corrected chi connectivity index (χ2v) is 7.33. The van der Waals surface area contributed by atoms with E-state index in [4.69, 9.17) is 9.47 Å². The Morgan fingerprint density at radius 2 is 1.96 bits per heavy atom. The summed E-state index contributed by atoms with van der Waals surface area (Å²) < 4.78 is 11.1. The van der Waals surface area contributed by atoms with Crippen LogP contribution >= 0.6 is 0 Å². The monoisotopic (exact) mass is 384 g/mol. The molecule has 1 saturated heterocycles. The lowest BCUT2D eigenvalue weighted by atomic mass is 9.99. The molecule has 150 valence electrons. The summed E-state index contributed by atoms with van der Waals surface area (Å²) in [6.45, 7) is 7.88. The fourth-order valence-electron chi connectivity index (χ4n) is 3.17. The zero-order valence-corrected chi connectivity index (χ0v) is 16.9. The Balaban J connectivity index is 1.63. The lowest BCUT2D eigenvalue weighted by Gasteiger charge is -2.31. The molecule has 0 spiro atoms. The van der Waals surface area contributed by atoms with Crippen molar-refractivity contribution in [2.45, 2.75) is 39.7 Å². The Labute approximate surface area is 166 Å². The summed E-state index contributed by atoms with van der Waals surface area (Å²) in [6, 6.07) is 7.40. The van der Waals surface area contributed by atoms with Crippen LogP contribution in [0.3, 0.4) is 0 Å². The molecule has 1 atom stereocenters. The van der Waals surface area contributed by atoms with E-state index in [0.717, 1.165) is 43.2 Å². The van der Waals surface area contributed by atoms with E-state index in [2.05, 4.69) is 27.1 Å². The first-order valence-corrected chi connectivity index (χ1v) is 9.65. The SMILES string of the molecule is COc1cc(C)ccc1OC(C)C(=O)Nc1cc(N2CCC(C)CC2)ncn1. The Kier molecular flexibility index (Phi) is 6.34. The van der Waals surface area contributed by atoms with Gasteiger partial charge < -0.3 is 19.7 Å². The first kappa shape index (κ1) is 19.9. The molecule has 2 heterocycles. The topological polar surface area (TPSA) is 76.6 Å². The van der Waals surface area contributed by atoms with Crippen LogP contribution in [0.15, 0.2) is 30.6 Å². The van der Waals surface area contributed by atoms with E-state index in [1.165, 1.54) is 6.33 Å². The van der Waals surface area contributed by atoms with Gasteiger partial charge in [0, 0.05) is 19.2 Å². The summed E-state index contributed by atoms with van der Waals surface area (Å²) in [4.78, 5) is 23.3. The van der Waals surface area contributed by atoms with E-state index in [-0.39, 0.29) is 5.91 Å². The molecule has 1 unspecified atom stereocenters. The number of hydrogen-bond donors (Lipinski definition) is 1. The number of nitrogens with zero attached hydrogens (tertiary/aromatic N) is 3.